The normalized spacial score (nSPS) is 29.2. The van der Waals surface area contributed by atoms with Crippen molar-refractivity contribution >= 4 is 0 Å². The van der Waals surface area contributed by atoms with Gasteiger partial charge in [-0.15, -0.1) is 0 Å². The second kappa shape index (κ2) is 6.02. The van der Waals surface area contributed by atoms with Crippen LogP contribution in [-0.2, 0) is 4.74 Å². The predicted molar refractivity (Wildman–Crippen MR) is 67.6 cm³/mol. The number of rotatable bonds is 7. The Balaban J connectivity index is 1.60. The zero-order valence-corrected chi connectivity index (χ0v) is 10.9. The number of hydrogen-bond acceptors (Lipinski definition) is 2. The van der Waals surface area contributed by atoms with Crippen molar-refractivity contribution in [2.24, 2.45) is 5.92 Å². The van der Waals surface area contributed by atoms with Crippen molar-refractivity contribution in [3.8, 4) is 0 Å². The maximum Gasteiger partial charge on any atom is 0.0576 e. The first-order chi connectivity index (χ1) is 7.79. The van der Waals surface area contributed by atoms with Crippen LogP contribution in [0.1, 0.15) is 58.8 Å². The minimum Gasteiger partial charge on any atom is -0.378 e. The molecule has 2 rings (SSSR count). The molecule has 16 heavy (non-hydrogen) atoms. The van der Waals surface area contributed by atoms with Crippen molar-refractivity contribution in [3.05, 3.63) is 0 Å². The summed E-state index contributed by atoms with van der Waals surface area (Å²) in [5.74, 6) is 0.982. The van der Waals surface area contributed by atoms with E-state index in [2.05, 4.69) is 19.2 Å². The van der Waals surface area contributed by atoms with E-state index >= 15 is 0 Å². The van der Waals surface area contributed by atoms with Gasteiger partial charge in [0.25, 0.3) is 0 Å². The van der Waals surface area contributed by atoms with Gasteiger partial charge in [0.15, 0.2) is 0 Å². The van der Waals surface area contributed by atoms with E-state index in [1.165, 1.54) is 44.9 Å². The molecule has 1 N–H and O–H groups in total. The maximum absolute atomic E-state index is 5.67. The van der Waals surface area contributed by atoms with Crippen molar-refractivity contribution in [2.45, 2.75) is 77.0 Å². The Kier molecular flexibility index (Phi) is 4.66. The fourth-order valence-corrected chi connectivity index (χ4v) is 2.84. The summed E-state index contributed by atoms with van der Waals surface area (Å²) >= 11 is 0. The molecule has 2 aliphatic rings. The molecule has 1 saturated heterocycles. The average molecular weight is 225 g/mol. The molecule has 94 valence electrons. The van der Waals surface area contributed by atoms with Gasteiger partial charge in [0, 0.05) is 18.7 Å². The highest BCUT2D eigenvalue weighted by atomic mass is 16.5. The average Bonchev–Trinajstić information content (AvgIpc) is 3.00. The molecule has 0 bridgehead atoms. The van der Waals surface area contributed by atoms with E-state index in [1.54, 1.807) is 0 Å². The summed E-state index contributed by atoms with van der Waals surface area (Å²) in [7, 11) is 0. The Morgan fingerprint density at radius 3 is 2.69 bits per heavy atom. The molecule has 0 aromatic heterocycles. The van der Waals surface area contributed by atoms with E-state index in [0.29, 0.717) is 12.1 Å². The molecule has 2 heteroatoms. The van der Waals surface area contributed by atoms with Gasteiger partial charge in [-0.25, -0.2) is 0 Å². The minimum absolute atomic E-state index is 0.560. The zero-order chi connectivity index (χ0) is 11.4. The SMILES string of the molecule is CCC(NC(C)CCC1CCCO1)C1CC1. The lowest BCUT2D eigenvalue weighted by Gasteiger charge is -2.23. The van der Waals surface area contributed by atoms with Crippen molar-refractivity contribution < 1.29 is 4.74 Å². The van der Waals surface area contributed by atoms with Crippen LogP contribution in [0, 0.1) is 5.92 Å². The molecule has 2 nitrogen and oxygen atoms in total. The fraction of sp³-hybridized carbons (Fsp3) is 1.00. The first-order valence-electron chi connectivity index (χ1n) is 7.17. The van der Waals surface area contributed by atoms with Gasteiger partial charge in [0.2, 0.25) is 0 Å². The molecular formula is C14H27NO. The monoisotopic (exact) mass is 225 g/mol. The minimum atomic E-state index is 0.560. The first kappa shape index (κ1) is 12.4. The lowest BCUT2D eigenvalue weighted by Crippen LogP contribution is -2.38. The molecule has 1 saturated carbocycles. The molecule has 2 fully saturated rings. The van der Waals surface area contributed by atoms with Gasteiger partial charge >= 0.3 is 0 Å². The third-order valence-electron chi connectivity index (χ3n) is 4.08. The summed E-state index contributed by atoms with van der Waals surface area (Å²) < 4.78 is 5.67. The van der Waals surface area contributed by atoms with Crippen molar-refractivity contribution in [2.75, 3.05) is 6.61 Å². The van der Waals surface area contributed by atoms with Crippen LogP contribution in [0.2, 0.25) is 0 Å². The van der Waals surface area contributed by atoms with E-state index in [4.69, 9.17) is 4.74 Å². The van der Waals surface area contributed by atoms with Crippen molar-refractivity contribution in [1.82, 2.24) is 5.32 Å². The highest BCUT2D eigenvalue weighted by Gasteiger charge is 2.30. The Morgan fingerprint density at radius 2 is 2.12 bits per heavy atom. The van der Waals surface area contributed by atoms with Crippen LogP contribution >= 0.6 is 0 Å². The third-order valence-corrected chi connectivity index (χ3v) is 4.08. The smallest absolute Gasteiger partial charge is 0.0576 e. The van der Waals surface area contributed by atoms with Gasteiger partial charge in [-0.3, -0.25) is 0 Å². The Hall–Kier alpha value is -0.0800. The van der Waals surface area contributed by atoms with E-state index in [-0.39, 0.29) is 0 Å². The van der Waals surface area contributed by atoms with Crippen LogP contribution in [0.15, 0.2) is 0 Å². The largest absolute Gasteiger partial charge is 0.378 e. The molecule has 0 radical (unpaired) electrons. The van der Waals surface area contributed by atoms with E-state index in [0.717, 1.165) is 18.6 Å². The molecule has 3 atom stereocenters. The summed E-state index contributed by atoms with van der Waals surface area (Å²) in [5.41, 5.74) is 0. The lowest BCUT2D eigenvalue weighted by molar-refractivity contribution is 0.0995. The Labute approximate surface area is 100 Å². The molecule has 3 unspecified atom stereocenters. The predicted octanol–water partition coefficient (Wildman–Crippen LogP) is 3.11. The molecule has 0 aromatic carbocycles. The standard InChI is InChI=1S/C14H27NO/c1-3-14(12-7-8-12)15-11(2)6-9-13-5-4-10-16-13/h11-15H,3-10H2,1-2H3. The molecule has 1 aliphatic heterocycles. The van der Waals surface area contributed by atoms with Crippen molar-refractivity contribution in [3.63, 3.8) is 0 Å². The van der Waals surface area contributed by atoms with Crippen LogP contribution in [-0.4, -0.2) is 24.8 Å². The quantitative estimate of drug-likeness (QED) is 0.719. The van der Waals surface area contributed by atoms with Gasteiger partial charge < -0.3 is 10.1 Å². The number of nitrogens with one attached hydrogen (secondary N) is 1. The molecule has 0 aromatic rings. The van der Waals surface area contributed by atoms with Gasteiger partial charge in [0.1, 0.15) is 0 Å². The van der Waals surface area contributed by atoms with Gasteiger partial charge in [0.05, 0.1) is 6.10 Å². The van der Waals surface area contributed by atoms with Crippen molar-refractivity contribution in [1.29, 1.82) is 0 Å². The summed E-state index contributed by atoms with van der Waals surface area (Å²) in [6, 6.07) is 1.44. The molecule has 0 spiro atoms. The van der Waals surface area contributed by atoms with E-state index in [1.807, 2.05) is 0 Å². The first-order valence-corrected chi connectivity index (χ1v) is 7.17. The summed E-state index contributed by atoms with van der Waals surface area (Å²) in [6.07, 6.45) is 9.82. The van der Waals surface area contributed by atoms with E-state index < -0.39 is 0 Å². The molecule has 1 heterocycles. The zero-order valence-electron chi connectivity index (χ0n) is 10.9. The van der Waals surface area contributed by atoms with Crippen LogP contribution in [0.4, 0.5) is 0 Å². The van der Waals surface area contributed by atoms with Gasteiger partial charge in [-0.1, -0.05) is 6.92 Å². The number of hydrogen-bond donors (Lipinski definition) is 1. The van der Waals surface area contributed by atoms with E-state index in [9.17, 15) is 0 Å². The topological polar surface area (TPSA) is 21.3 Å². The molecule has 0 amide bonds. The second-order valence-electron chi connectivity index (χ2n) is 5.63. The summed E-state index contributed by atoms with van der Waals surface area (Å²) in [5, 5.41) is 3.80. The lowest BCUT2D eigenvalue weighted by atomic mass is 10.0. The van der Waals surface area contributed by atoms with Crippen LogP contribution in [0.25, 0.3) is 0 Å². The summed E-state index contributed by atoms with van der Waals surface area (Å²) in [6.45, 7) is 5.63. The van der Waals surface area contributed by atoms with Gasteiger partial charge in [-0.05, 0) is 57.8 Å². The third kappa shape index (κ3) is 3.74. The summed E-state index contributed by atoms with van der Waals surface area (Å²) in [4.78, 5) is 0. The second-order valence-corrected chi connectivity index (χ2v) is 5.63. The van der Waals surface area contributed by atoms with Gasteiger partial charge in [-0.2, -0.15) is 0 Å². The Morgan fingerprint density at radius 1 is 1.31 bits per heavy atom. The highest BCUT2D eigenvalue weighted by molar-refractivity contribution is 4.87. The Bertz CT molecular complexity index is 197. The molecule has 1 aliphatic carbocycles. The fourth-order valence-electron chi connectivity index (χ4n) is 2.84. The van der Waals surface area contributed by atoms with Crippen LogP contribution in [0.5, 0.6) is 0 Å². The maximum atomic E-state index is 5.67. The number of ether oxygens (including phenoxy) is 1. The van der Waals surface area contributed by atoms with Crippen LogP contribution < -0.4 is 5.32 Å². The van der Waals surface area contributed by atoms with Crippen LogP contribution in [0.3, 0.4) is 0 Å². The highest BCUT2D eigenvalue weighted by Crippen LogP contribution is 2.34. The molecular weight excluding hydrogens is 198 g/mol.